The minimum atomic E-state index is -0.0830. The standard InChI is InChI=1S/C21H29N3O2S/c1-27-18-9-20(23-10-5-6-11-23)21(25)24-14-12-22(13-15-24)16-17-26-19-7-3-2-4-8-19/h2-8,10-11,20H,9,12-18H2,1H3. The first kappa shape index (κ1) is 19.8. The summed E-state index contributed by atoms with van der Waals surface area (Å²) in [6.45, 7) is 4.97. The SMILES string of the molecule is CSCCC(C(=O)N1CCN(CCOc2ccccc2)CC1)n1cccc1. The molecule has 1 fully saturated rings. The minimum absolute atomic E-state index is 0.0830. The zero-order valence-corrected chi connectivity index (χ0v) is 16.8. The minimum Gasteiger partial charge on any atom is -0.492 e. The van der Waals surface area contributed by atoms with Crippen LogP contribution in [0.4, 0.5) is 0 Å². The predicted octanol–water partition coefficient (Wildman–Crippen LogP) is 3.01. The van der Waals surface area contributed by atoms with Crippen molar-refractivity contribution in [1.82, 2.24) is 14.4 Å². The van der Waals surface area contributed by atoms with E-state index in [0.29, 0.717) is 6.61 Å². The smallest absolute Gasteiger partial charge is 0.245 e. The molecule has 2 aromatic rings. The van der Waals surface area contributed by atoms with E-state index in [0.717, 1.165) is 50.6 Å². The number of piperazine rings is 1. The Balaban J connectivity index is 1.45. The molecule has 1 saturated heterocycles. The van der Waals surface area contributed by atoms with Gasteiger partial charge in [0.2, 0.25) is 5.91 Å². The first-order valence-corrected chi connectivity index (χ1v) is 11.0. The lowest BCUT2D eigenvalue weighted by molar-refractivity contribution is -0.136. The van der Waals surface area contributed by atoms with Crippen molar-refractivity contribution in [2.75, 3.05) is 51.3 Å². The maximum atomic E-state index is 13.1. The fourth-order valence-corrected chi connectivity index (χ4v) is 3.86. The molecule has 1 aliphatic heterocycles. The van der Waals surface area contributed by atoms with Gasteiger partial charge in [-0.25, -0.2) is 0 Å². The molecule has 0 radical (unpaired) electrons. The van der Waals surface area contributed by atoms with Gasteiger partial charge in [0.25, 0.3) is 0 Å². The first-order chi connectivity index (χ1) is 13.3. The zero-order chi connectivity index (χ0) is 18.9. The van der Waals surface area contributed by atoms with Crippen molar-refractivity contribution < 1.29 is 9.53 Å². The Morgan fingerprint density at radius 1 is 1.07 bits per heavy atom. The molecule has 1 amide bonds. The largest absolute Gasteiger partial charge is 0.492 e. The highest BCUT2D eigenvalue weighted by molar-refractivity contribution is 7.98. The van der Waals surface area contributed by atoms with Crippen LogP contribution in [0.5, 0.6) is 5.75 Å². The molecule has 0 N–H and O–H groups in total. The summed E-state index contributed by atoms with van der Waals surface area (Å²) < 4.78 is 7.84. The van der Waals surface area contributed by atoms with Gasteiger partial charge in [-0.1, -0.05) is 18.2 Å². The van der Waals surface area contributed by atoms with Crippen molar-refractivity contribution >= 4 is 17.7 Å². The van der Waals surface area contributed by atoms with E-state index < -0.39 is 0 Å². The van der Waals surface area contributed by atoms with Gasteiger partial charge in [-0.15, -0.1) is 0 Å². The van der Waals surface area contributed by atoms with E-state index in [-0.39, 0.29) is 11.9 Å². The zero-order valence-electron chi connectivity index (χ0n) is 16.0. The highest BCUT2D eigenvalue weighted by atomic mass is 32.2. The van der Waals surface area contributed by atoms with Gasteiger partial charge in [-0.2, -0.15) is 11.8 Å². The second-order valence-corrected chi connectivity index (χ2v) is 7.74. The number of thioether (sulfide) groups is 1. The molecule has 1 unspecified atom stereocenters. The van der Waals surface area contributed by atoms with Gasteiger partial charge in [-0.3, -0.25) is 9.69 Å². The Kier molecular flexibility index (Phi) is 7.66. The summed E-state index contributed by atoms with van der Waals surface area (Å²) in [4.78, 5) is 17.5. The highest BCUT2D eigenvalue weighted by Crippen LogP contribution is 2.19. The highest BCUT2D eigenvalue weighted by Gasteiger charge is 2.27. The molecule has 3 rings (SSSR count). The number of amides is 1. The van der Waals surface area contributed by atoms with Crippen molar-refractivity contribution in [1.29, 1.82) is 0 Å². The van der Waals surface area contributed by atoms with Crippen molar-refractivity contribution in [3.63, 3.8) is 0 Å². The Morgan fingerprint density at radius 3 is 2.44 bits per heavy atom. The quantitative estimate of drug-likeness (QED) is 0.663. The normalized spacial score (nSPS) is 16.3. The van der Waals surface area contributed by atoms with Crippen molar-refractivity contribution in [3.8, 4) is 5.75 Å². The molecular formula is C21H29N3O2S. The van der Waals surface area contributed by atoms with E-state index in [1.54, 1.807) is 11.8 Å². The van der Waals surface area contributed by atoms with E-state index in [4.69, 9.17) is 4.74 Å². The number of rotatable bonds is 9. The molecule has 1 atom stereocenters. The van der Waals surface area contributed by atoms with Crippen LogP contribution in [0.1, 0.15) is 12.5 Å². The molecule has 1 aliphatic rings. The maximum Gasteiger partial charge on any atom is 0.245 e. The van der Waals surface area contributed by atoms with Crippen LogP contribution in [0, 0.1) is 0 Å². The van der Waals surface area contributed by atoms with Gasteiger partial charge in [-0.05, 0) is 42.7 Å². The number of hydrogen-bond acceptors (Lipinski definition) is 4. The molecule has 0 bridgehead atoms. The second kappa shape index (κ2) is 10.4. The van der Waals surface area contributed by atoms with E-state index in [9.17, 15) is 4.79 Å². The number of carbonyl (C=O) groups excluding carboxylic acids is 1. The van der Waals surface area contributed by atoms with Crippen molar-refractivity contribution in [3.05, 3.63) is 54.9 Å². The van der Waals surface area contributed by atoms with E-state index in [1.807, 2.05) is 59.8 Å². The number of benzene rings is 1. The summed E-state index contributed by atoms with van der Waals surface area (Å²) in [5, 5.41) is 0. The predicted molar refractivity (Wildman–Crippen MR) is 111 cm³/mol. The first-order valence-electron chi connectivity index (χ1n) is 9.58. The van der Waals surface area contributed by atoms with Gasteiger partial charge in [0.15, 0.2) is 0 Å². The fourth-order valence-electron chi connectivity index (χ4n) is 3.40. The van der Waals surface area contributed by atoms with Crippen LogP contribution in [-0.4, -0.2) is 71.6 Å². The lowest BCUT2D eigenvalue weighted by atomic mass is 10.1. The maximum absolute atomic E-state index is 13.1. The third kappa shape index (κ3) is 5.78. The molecule has 1 aromatic carbocycles. The van der Waals surface area contributed by atoms with Crippen molar-refractivity contribution in [2.24, 2.45) is 0 Å². The van der Waals surface area contributed by atoms with Gasteiger partial charge >= 0.3 is 0 Å². The van der Waals surface area contributed by atoms with E-state index >= 15 is 0 Å². The monoisotopic (exact) mass is 387 g/mol. The number of nitrogens with zero attached hydrogens (tertiary/aromatic N) is 3. The number of carbonyl (C=O) groups is 1. The Labute approximate surface area is 166 Å². The van der Waals surface area contributed by atoms with Crippen LogP contribution in [0.3, 0.4) is 0 Å². The van der Waals surface area contributed by atoms with E-state index in [1.165, 1.54) is 0 Å². The molecule has 1 aromatic heterocycles. The molecule has 0 aliphatic carbocycles. The lowest BCUT2D eigenvalue weighted by Crippen LogP contribution is -2.51. The van der Waals surface area contributed by atoms with Gasteiger partial charge < -0.3 is 14.2 Å². The van der Waals surface area contributed by atoms with E-state index in [2.05, 4.69) is 15.7 Å². The molecule has 5 nitrogen and oxygen atoms in total. The lowest BCUT2D eigenvalue weighted by Gasteiger charge is -2.36. The van der Waals surface area contributed by atoms with Crippen LogP contribution >= 0.6 is 11.8 Å². The molecule has 6 heteroatoms. The molecule has 0 saturated carbocycles. The van der Waals surface area contributed by atoms with Crippen LogP contribution in [-0.2, 0) is 4.79 Å². The summed E-state index contributed by atoms with van der Waals surface area (Å²) in [6.07, 6.45) is 6.97. The topological polar surface area (TPSA) is 37.7 Å². The third-order valence-corrected chi connectivity index (χ3v) is 5.62. The summed E-state index contributed by atoms with van der Waals surface area (Å²) in [5.41, 5.74) is 0. The summed E-state index contributed by atoms with van der Waals surface area (Å²) >= 11 is 1.79. The number of para-hydroxylation sites is 1. The number of hydrogen-bond donors (Lipinski definition) is 0. The molecule has 146 valence electrons. The second-order valence-electron chi connectivity index (χ2n) is 6.76. The summed E-state index contributed by atoms with van der Waals surface area (Å²) in [7, 11) is 0. The molecule has 2 heterocycles. The van der Waals surface area contributed by atoms with Gasteiger partial charge in [0, 0.05) is 45.1 Å². The van der Waals surface area contributed by atoms with Gasteiger partial charge in [0.1, 0.15) is 18.4 Å². The summed E-state index contributed by atoms with van der Waals surface area (Å²) in [6, 6.07) is 13.8. The Morgan fingerprint density at radius 2 is 1.78 bits per heavy atom. The number of aromatic nitrogens is 1. The fraction of sp³-hybridized carbons (Fsp3) is 0.476. The Bertz CT molecular complexity index is 670. The molecular weight excluding hydrogens is 358 g/mol. The average molecular weight is 388 g/mol. The van der Waals surface area contributed by atoms with Crippen molar-refractivity contribution in [2.45, 2.75) is 12.5 Å². The Hall–Kier alpha value is -1.92. The van der Waals surface area contributed by atoms with Crippen LogP contribution in [0.2, 0.25) is 0 Å². The van der Waals surface area contributed by atoms with Gasteiger partial charge in [0.05, 0.1) is 0 Å². The third-order valence-electron chi connectivity index (χ3n) is 4.97. The van der Waals surface area contributed by atoms with Crippen LogP contribution in [0.15, 0.2) is 54.9 Å². The molecule has 27 heavy (non-hydrogen) atoms. The average Bonchev–Trinajstić information content (AvgIpc) is 3.24. The summed E-state index contributed by atoms with van der Waals surface area (Å²) in [5.74, 6) is 2.15. The molecule has 0 spiro atoms. The number of ether oxygens (including phenoxy) is 1. The van der Waals surface area contributed by atoms with Crippen LogP contribution < -0.4 is 4.74 Å². The van der Waals surface area contributed by atoms with Crippen LogP contribution in [0.25, 0.3) is 0 Å².